The van der Waals surface area contributed by atoms with Crippen molar-refractivity contribution >= 4 is 5.97 Å². The molecule has 0 bridgehead atoms. The fourth-order valence-electron chi connectivity index (χ4n) is 2.20. The highest BCUT2D eigenvalue weighted by Gasteiger charge is 2.06. The number of aromatic carboxylic acids is 1. The summed E-state index contributed by atoms with van der Waals surface area (Å²) in [6.07, 6.45) is 1.05. The van der Waals surface area contributed by atoms with Gasteiger partial charge in [0, 0.05) is 12.6 Å². The van der Waals surface area contributed by atoms with Crippen LogP contribution in [0, 0.1) is 0 Å². The lowest BCUT2D eigenvalue weighted by Gasteiger charge is -2.15. The number of benzene rings is 2. The summed E-state index contributed by atoms with van der Waals surface area (Å²) in [6, 6.07) is 15.9. The predicted molar refractivity (Wildman–Crippen MR) is 84.5 cm³/mol. The number of aryl methyl sites for hydroxylation is 1. The quantitative estimate of drug-likeness (QED) is 0.847. The molecule has 3 nitrogen and oxygen atoms in total. The Bertz CT molecular complexity index is 588. The van der Waals surface area contributed by atoms with Gasteiger partial charge < -0.3 is 10.4 Å². The fourth-order valence-corrected chi connectivity index (χ4v) is 2.20. The van der Waals surface area contributed by atoms with E-state index in [1.54, 1.807) is 12.1 Å². The van der Waals surface area contributed by atoms with Crippen LogP contribution in [0.25, 0.3) is 0 Å². The van der Waals surface area contributed by atoms with Gasteiger partial charge in [0.25, 0.3) is 0 Å². The van der Waals surface area contributed by atoms with E-state index in [1.165, 1.54) is 11.1 Å². The smallest absolute Gasteiger partial charge is 0.335 e. The maximum absolute atomic E-state index is 10.8. The van der Waals surface area contributed by atoms with Crippen LogP contribution in [0.5, 0.6) is 0 Å². The normalized spacial score (nSPS) is 12.1. The van der Waals surface area contributed by atoms with E-state index in [9.17, 15) is 4.79 Å². The van der Waals surface area contributed by atoms with Crippen molar-refractivity contribution in [3.63, 3.8) is 0 Å². The van der Waals surface area contributed by atoms with Crippen molar-refractivity contribution in [3.8, 4) is 0 Å². The first-order chi connectivity index (χ1) is 10.1. The lowest BCUT2D eigenvalue weighted by molar-refractivity contribution is 0.0697. The Kier molecular flexibility index (Phi) is 5.12. The summed E-state index contributed by atoms with van der Waals surface area (Å²) in [6.45, 7) is 5.00. The summed E-state index contributed by atoms with van der Waals surface area (Å²) >= 11 is 0. The van der Waals surface area contributed by atoms with Crippen LogP contribution in [0.2, 0.25) is 0 Å². The van der Waals surface area contributed by atoms with Crippen LogP contribution in [-0.2, 0) is 13.0 Å². The molecule has 0 saturated heterocycles. The van der Waals surface area contributed by atoms with Crippen LogP contribution >= 0.6 is 0 Å². The third-order valence-electron chi connectivity index (χ3n) is 3.70. The summed E-state index contributed by atoms with van der Waals surface area (Å²) < 4.78 is 0. The molecule has 0 radical (unpaired) electrons. The number of carboxylic acid groups (broad SMARTS) is 1. The molecule has 2 aromatic carbocycles. The van der Waals surface area contributed by atoms with E-state index in [1.807, 2.05) is 12.1 Å². The number of hydrogen-bond donors (Lipinski definition) is 2. The molecule has 0 saturated carbocycles. The van der Waals surface area contributed by atoms with Crippen LogP contribution in [0.15, 0.2) is 48.5 Å². The van der Waals surface area contributed by atoms with Crippen LogP contribution in [0.4, 0.5) is 0 Å². The second kappa shape index (κ2) is 7.04. The van der Waals surface area contributed by atoms with Crippen molar-refractivity contribution < 1.29 is 9.90 Å². The van der Waals surface area contributed by atoms with E-state index < -0.39 is 5.97 Å². The topological polar surface area (TPSA) is 49.3 Å². The minimum absolute atomic E-state index is 0.259. The van der Waals surface area contributed by atoms with Gasteiger partial charge in [0.2, 0.25) is 0 Å². The van der Waals surface area contributed by atoms with E-state index in [0.717, 1.165) is 18.5 Å². The first-order valence-electron chi connectivity index (χ1n) is 7.24. The zero-order valence-corrected chi connectivity index (χ0v) is 12.5. The number of carboxylic acids is 1. The third-order valence-corrected chi connectivity index (χ3v) is 3.70. The Morgan fingerprint density at radius 3 is 2.14 bits per heavy atom. The largest absolute Gasteiger partial charge is 0.478 e. The van der Waals surface area contributed by atoms with Gasteiger partial charge >= 0.3 is 5.97 Å². The van der Waals surface area contributed by atoms with Crippen LogP contribution < -0.4 is 5.32 Å². The van der Waals surface area contributed by atoms with Crippen molar-refractivity contribution in [3.05, 3.63) is 70.8 Å². The minimum Gasteiger partial charge on any atom is -0.478 e. The van der Waals surface area contributed by atoms with Gasteiger partial charge in [-0.15, -0.1) is 0 Å². The van der Waals surface area contributed by atoms with Gasteiger partial charge in [-0.05, 0) is 42.2 Å². The molecular weight excluding hydrogens is 262 g/mol. The SMILES string of the molecule is CCc1ccc(C(C)NCc2ccc(C(=O)O)cc2)cc1. The predicted octanol–water partition coefficient (Wildman–Crippen LogP) is 3.80. The molecule has 0 amide bonds. The Morgan fingerprint density at radius 1 is 1.05 bits per heavy atom. The van der Waals surface area contributed by atoms with Gasteiger partial charge in [0.15, 0.2) is 0 Å². The Balaban J connectivity index is 1.93. The van der Waals surface area contributed by atoms with Crippen LogP contribution in [0.3, 0.4) is 0 Å². The first-order valence-corrected chi connectivity index (χ1v) is 7.24. The summed E-state index contributed by atoms with van der Waals surface area (Å²) in [4.78, 5) is 10.8. The number of carbonyl (C=O) groups is 1. The Hall–Kier alpha value is -2.13. The molecule has 0 aliphatic heterocycles. The highest BCUT2D eigenvalue weighted by atomic mass is 16.4. The summed E-state index contributed by atoms with van der Waals surface area (Å²) in [7, 11) is 0. The molecule has 1 atom stereocenters. The molecule has 1 unspecified atom stereocenters. The van der Waals surface area contributed by atoms with E-state index in [0.29, 0.717) is 5.56 Å². The van der Waals surface area contributed by atoms with E-state index in [2.05, 4.69) is 43.4 Å². The van der Waals surface area contributed by atoms with E-state index >= 15 is 0 Å². The Morgan fingerprint density at radius 2 is 1.62 bits per heavy atom. The number of nitrogens with one attached hydrogen (secondary N) is 1. The minimum atomic E-state index is -0.890. The molecule has 110 valence electrons. The van der Waals surface area contributed by atoms with Crippen LogP contribution in [0.1, 0.15) is 46.9 Å². The first kappa shape index (κ1) is 15.3. The average molecular weight is 283 g/mol. The number of rotatable bonds is 6. The van der Waals surface area contributed by atoms with Gasteiger partial charge in [-0.2, -0.15) is 0 Å². The molecular formula is C18H21NO2. The lowest BCUT2D eigenvalue weighted by atomic mass is 10.0. The van der Waals surface area contributed by atoms with Crippen molar-refractivity contribution in [2.45, 2.75) is 32.9 Å². The second-order valence-corrected chi connectivity index (χ2v) is 5.20. The van der Waals surface area contributed by atoms with Crippen LogP contribution in [-0.4, -0.2) is 11.1 Å². The maximum atomic E-state index is 10.8. The average Bonchev–Trinajstić information content (AvgIpc) is 2.53. The Labute approximate surface area is 125 Å². The van der Waals surface area contributed by atoms with Crippen molar-refractivity contribution in [1.82, 2.24) is 5.32 Å². The third kappa shape index (κ3) is 4.17. The molecule has 0 aromatic heterocycles. The fraction of sp³-hybridized carbons (Fsp3) is 0.278. The van der Waals surface area contributed by atoms with E-state index in [-0.39, 0.29) is 6.04 Å². The van der Waals surface area contributed by atoms with Crippen molar-refractivity contribution in [2.75, 3.05) is 0 Å². The highest BCUT2D eigenvalue weighted by molar-refractivity contribution is 5.87. The molecule has 0 aliphatic rings. The summed E-state index contributed by atoms with van der Waals surface area (Å²) in [5, 5.41) is 12.3. The molecule has 3 heteroatoms. The summed E-state index contributed by atoms with van der Waals surface area (Å²) in [5.74, 6) is -0.890. The zero-order chi connectivity index (χ0) is 15.2. The lowest BCUT2D eigenvalue weighted by Crippen LogP contribution is -2.18. The highest BCUT2D eigenvalue weighted by Crippen LogP contribution is 2.15. The molecule has 0 spiro atoms. The maximum Gasteiger partial charge on any atom is 0.335 e. The van der Waals surface area contributed by atoms with Gasteiger partial charge in [0.05, 0.1) is 5.56 Å². The van der Waals surface area contributed by atoms with Gasteiger partial charge in [-0.3, -0.25) is 0 Å². The molecule has 2 aromatic rings. The van der Waals surface area contributed by atoms with Gasteiger partial charge in [-0.1, -0.05) is 43.3 Å². The second-order valence-electron chi connectivity index (χ2n) is 5.20. The van der Waals surface area contributed by atoms with Crippen molar-refractivity contribution in [2.24, 2.45) is 0 Å². The summed E-state index contributed by atoms with van der Waals surface area (Å²) in [5.41, 5.74) is 4.00. The molecule has 0 heterocycles. The van der Waals surface area contributed by atoms with Crippen molar-refractivity contribution in [1.29, 1.82) is 0 Å². The standard InChI is InChI=1S/C18H21NO2/c1-3-14-4-8-16(9-5-14)13(2)19-12-15-6-10-17(11-7-15)18(20)21/h4-11,13,19H,3,12H2,1-2H3,(H,20,21). The molecule has 21 heavy (non-hydrogen) atoms. The molecule has 2 rings (SSSR count). The molecule has 2 N–H and O–H groups in total. The van der Waals surface area contributed by atoms with Gasteiger partial charge in [0.1, 0.15) is 0 Å². The van der Waals surface area contributed by atoms with E-state index in [4.69, 9.17) is 5.11 Å². The zero-order valence-electron chi connectivity index (χ0n) is 12.5. The number of hydrogen-bond acceptors (Lipinski definition) is 2. The molecule has 0 aliphatic carbocycles. The van der Waals surface area contributed by atoms with Gasteiger partial charge in [-0.25, -0.2) is 4.79 Å². The molecule has 0 fully saturated rings. The monoisotopic (exact) mass is 283 g/mol.